The Labute approximate surface area is 124 Å². The Bertz CT molecular complexity index is 382. The number of carbonyl (C=O) groups excluding carboxylic acids is 2. The van der Waals surface area contributed by atoms with E-state index in [9.17, 15) is 23.6 Å². The Kier molecular flexibility index (Phi) is 9.94. The fourth-order valence-electron chi connectivity index (χ4n) is 1.25. The summed E-state index contributed by atoms with van der Waals surface area (Å²) in [6.45, 7) is -0.606. The molecule has 0 aromatic carbocycles. The summed E-state index contributed by atoms with van der Waals surface area (Å²) in [4.78, 5) is 43.5. The number of urea groups is 1. The van der Waals surface area contributed by atoms with Gasteiger partial charge in [0.05, 0.1) is 12.7 Å². The standard InChI is InChI=1S/C11H17FN2O6S/c12-3-4-21-6-8(10(18)19)14-11(20)13-7(5-15)1-2-9(16)17/h5,7-8H,1-4,6H2,(H,16,17)(H,18,19)(H2,13,14,20)/t7-,8-/m0/s1. The first-order valence-electron chi connectivity index (χ1n) is 6.01. The summed E-state index contributed by atoms with van der Waals surface area (Å²) in [6, 6.07) is -3.15. The molecule has 0 aliphatic rings. The fourth-order valence-corrected chi connectivity index (χ4v) is 1.99. The third kappa shape index (κ3) is 9.66. The van der Waals surface area contributed by atoms with Gasteiger partial charge in [0.15, 0.2) is 0 Å². The number of nitrogens with one attached hydrogen (secondary N) is 2. The van der Waals surface area contributed by atoms with E-state index in [0.717, 1.165) is 11.8 Å². The number of hydrogen-bond donors (Lipinski definition) is 4. The molecule has 0 saturated carbocycles. The van der Waals surface area contributed by atoms with E-state index in [4.69, 9.17) is 10.2 Å². The number of aldehydes is 1. The highest BCUT2D eigenvalue weighted by Crippen LogP contribution is 2.03. The molecular weight excluding hydrogens is 307 g/mol. The fraction of sp³-hybridized carbons (Fsp3) is 0.636. The zero-order valence-electron chi connectivity index (χ0n) is 11.1. The average molecular weight is 324 g/mol. The lowest BCUT2D eigenvalue weighted by Gasteiger charge is -2.17. The van der Waals surface area contributed by atoms with Crippen LogP contribution in [0.1, 0.15) is 12.8 Å². The largest absolute Gasteiger partial charge is 0.481 e. The number of halogens is 1. The minimum Gasteiger partial charge on any atom is -0.481 e. The van der Waals surface area contributed by atoms with Crippen LogP contribution in [-0.2, 0) is 14.4 Å². The maximum atomic E-state index is 11.9. The van der Waals surface area contributed by atoms with Crippen LogP contribution in [0, 0.1) is 0 Å². The van der Waals surface area contributed by atoms with E-state index in [-0.39, 0.29) is 24.3 Å². The van der Waals surface area contributed by atoms with Crippen molar-refractivity contribution in [1.29, 1.82) is 0 Å². The van der Waals surface area contributed by atoms with Gasteiger partial charge in [-0.05, 0) is 6.42 Å². The van der Waals surface area contributed by atoms with Gasteiger partial charge in [0.2, 0.25) is 0 Å². The number of carboxylic acid groups (broad SMARTS) is 2. The second-order valence-corrected chi connectivity index (χ2v) is 5.10. The second kappa shape index (κ2) is 10.9. The molecule has 0 radical (unpaired) electrons. The third-order valence-electron chi connectivity index (χ3n) is 2.26. The summed E-state index contributed by atoms with van der Waals surface area (Å²) in [7, 11) is 0. The minimum absolute atomic E-state index is 0.0203. The van der Waals surface area contributed by atoms with Crippen LogP contribution < -0.4 is 10.6 Å². The van der Waals surface area contributed by atoms with Gasteiger partial charge < -0.3 is 25.6 Å². The molecule has 0 aromatic heterocycles. The predicted octanol–water partition coefficient (Wildman–Crippen LogP) is -0.126. The molecule has 120 valence electrons. The number of carboxylic acids is 2. The summed E-state index contributed by atoms with van der Waals surface area (Å²) < 4.78 is 11.9. The first-order chi connectivity index (χ1) is 9.90. The smallest absolute Gasteiger partial charge is 0.327 e. The SMILES string of the molecule is O=C[C@H](CCC(=O)O)NC(=O)N[C@@H](CSCCF)C(=O)O. The zero-order valence-corrected chi connectivity index (χ0v) is 11.9. The molecule has 0 rings (SSSR count). The summed E-state index contributed by atoms with van der Waals surface area (Å²) in [5, 5.41) is 21.7. The van der Waals surface area contributed by atoms with Crippen LogP contribution >= 0.6 is 11.8 Å². The molecule has 0 unspecified atom stereocenters. The highest BCUT2D eigenvalue weighted by Gasteiger charge is 2.21. The van der Waals surface area contributed by atoms with Gasteiger partial charge in [0.25, 0.3) is 0 Å². The molecule has 8 nitrogen and oxygen atoms in total. The number of hydrogen-bond acceptors (Lipinski definition) is 5. The van der Waals surface area contributed by atoms with Gasteiger partial charge in [-0.3, -0.25) is 9.18 Å². The van der Waals surface area contributed by atoms with Crippen molar-refractivity contribution in [2.24, 2.45) is 0 Å². The van der Waals surface area contributed by atoms with Crippen molar-refractivity contribution < 1.29 is 33.8 Å². The first-order valence-corrected chi connectivity index (χ1v) is 7.16. The Hall–Kier alpha value is -1.84. The van der Waals surface area contributed by atoms with Crippen LogP contribution in [0.15, 0.2) is 0 Å². The molecule has 0 bridgehead atoms. The first kappa shape index (κ1) is 19.2. The molecule has 2 atom stereocenters. The van der Waals surface area contributed by atoms with Crippen molar-refractivity contribution in [3.63, 3.8) is 0 Å². The lowest BCUT2D eigenvalue weighted by molar-refractivity contribution is -0.139. The van der Waals surface area contributed by atoms with E-state index in [0.29, 0.717) is 6.29 Å². The summed E-state index contributed by atoms with van der Waals surface area (Å²) in [5.41, 5.74) is 0. The maximum absolute atomic E-state index is 11.9. The van der Waals surface area contributed by atoms with Crippen LogP contribution in [0.4, 0.5) is 9.18 Å². The molecule has 0 fully saturated rings. The Morgan fingerprint density at radius 2 is 1.90 bits per heavy atom. The van der Waals surface area contributed by atoms with Gasteiger partial charge in [-0.25, -0.2) is 9.59 Å². The molecule has 0 aliphatic carbocycles. The van der Waals surface area contributed by atoms with E-state index >= 15 is 0 Å². The quantitative estimate of drug-likeness (QED) is 0.307. The predicted molar refractivity (Wildman–Crippen MR) is 73.1 cm³/mol. The second-order valence-electron chi connectivity index (χ2n) is 3.95. The van der Waals surface area contributed by atoms with Crippen LogP contribution in [0.2, 0.25) is 0 Å². The molecule has 4 N–H and O–H groups in total. The lowest BCUT2D eigenvalue weighted by Crippen LogP contribution is -2.50. The van der Waals surface area contributed by atoms with Gasteiger partial charge in [-0.2, -0.15) is 11.8 Å². The van der Waals surface area contributed by atoms with Crippen LogP contribution in [0.5, 0.6) is 0 Å². The number of amides is 2. The van der Waals surface area contributed by atoms with E-state index in [1.807, 2.05) is 0 Å². The molecule has 2 amide bonds. The van der Waals surface area contributed by atoms with Crippen molar-refractivity contribution in [2.75, 3.05) is 18.2 Å². The van der Waals surface area contributed by atoms with E-state index in [1.54, 1.807) is 0 Å². The lowest BCUT2D eigenvalue weighted by atomic mass is 10.2. The average Bonchev–Trinajstić information content (AvgIpc) is 2.42. The normalized spacial score (nSPS) is 13.0. The molecule has 10 heteroatoms. The molecule has 0 saturated heterocycles. The number of carbonyl (C=O) groups is 4. The Morgan fingerprint density at radius 1 is 1.24 bits per heavy atom. The van der Waals surface area contributed by atoms with Gasteiger partial charge in [0, 0.05) is 17.9 Å². The number of alkyl halides is 1. The number of rotatable bonds is 11. The molecular formula is C11H17FN2O6S. The zero-order chi connectivity index (χ0) is 16.3. The van der Waals surface area contributed by atoms with Crippen molar-refractivity contribution in [3.05, 3.63) is 0 Å². The van der Waals surface area contributed by atoms with Crippen molar-refractivity contribution in [1.82, 2.24) is 10.6 Å². The van der Waals surface area contributed by atoms with Crippen molar-refractivity contribution >= 4 is 36.0 Å². The highest BCUT2D eigenvalue weighted by molar-refractivity contribution is 7.99. The van der Waals surface area contributed by atoms with Crippen LogP contribution in [0.25, 0.3) is 0 Å². The summed E-state index contributed by atoms with van der Waals surface area (Å²) in [5.74, 6) is -2.31. The Balaban J connectivity index is 4.30. The highest BCUT2D eigenvalue weighted by atomic mass is 32.2. The number of aliphatic carboxylic acids is 2. The van der Waals surface area contributed by atoms with Crippen LogP contribution in [0.3, 0.4) is 0 Å². The van der Waals surface area contributed by atoms with Gasteiger partial charge in [0.1, 0.15) is 12.3 Å². The summed E-state index contributed by atoms with van der Waals surface area (Å²) >= 11 is 1.02. The molecule has 0 aromatic rings. The van der Waals surface area contributed by atoms with Crippen molar-refractivity contribution in [2.45, 2.75) is 24.9 Å². The van der Waals surface area contributed by atoms with Gasteiger partial charge >= 0.3 is 18.0 Å². The van der Waals surface area contributed by atoms with Gasteiger partial charge in [-0.1, -0.05) is 0 Å². The molecule has 0 heterocycles. The summed E-state index contributed by atoms with van der Waals surface area (Å²) in [6.07, 6.45) is -0.0326. The molecule has 21 heavy (non-hydrogen) atoms. The van der Waals surface area contributed by atoms with E-state index < -0.39 is 36.7 Å². The molecule has 0 spiro atoms. The van der Waals surface area contributed by atoms with E-state index in [2.05, 4.69) is 10.6 Å². The number of thioether (sulfide) groups is 1. The van der Waals surface area contributed by atoms with E-state index in [1.165, 1.54) is 0 Å². The minimum atomic E-state index is -1.29. The third-order valence-corrected chi connectivity index (χ3v) is 3.27. The van der Waals surface area contributed by atoms with Gasteiger partial charge in [-0.15, -0.1) is 0 Å². The van der Waals surface area contributed by atoms with Crippen molar-refractivity contribution in [3.8, 4) is 0 Å². The monoisotopic (exact) mass is 324 g/mol. The Morgan fingerprint density at radius 3 is 2.38 bits per heavy atom. The molecule has 0 aliphatic heterocycles. The van der Waals surface area contributed by atoms with Crippen LogP contribution in [-0.4, -0.2) is 64.7 Å². The topological polar surface area (TPSA) is 133 Å². The maximum Gasteiger partial charge on any atom is 0.327 e.